The molecule has 1 N–H and O–H groups in total. The first kappa shape index (κ1) is 14.8. The van der Waals surface area contributed by atoms with Crippen LogP contribution in [-0.4, -0.2) is 13.1 Å². The molecular weight excluding hydrogens is 206 g/mol. The fourth-order valence-corrected chi connectivity index (χ4v) is 2.98. The van der Waals surface area contributed by atoms with Crippen molar-refractivity contribution in [3.05, 3.63) is 12.2 Å². The van der Waals surface area contributed by atoms with Crippen molar-refractivity contribution in [1.29, 1.82) is 0 Å². The van der Waals surface area contributed by atoms with Crippen LogP contribution < -0.4 is 5.32 Å². The van der Waals surface area contributed by atoms with Crippen molar-refractivity contribution in [2.45, 2.75) is 65.2 Å². The number of allylic oxidation sites excluding steroid dienone is 1. The van der Waals surface area contributed by atoms with Gasteiger partial charge >= 0.3 is 0 Å². The molecule has 0 bridgehead atoms. The van der Waals surface area contributed by atoms with Crippen LogP contribution in [0.5, 0.6) is 0 Å². The molecule has 100 valence electrons. The molecule has 0 amide bonds. The number of rotatable bonds is 7. The third-order valence-electron chi connectivity index (χ3n) is 4.20. The highest BCUT2D eigenvalue weighted by molar-refractivity contribution is 4.96. The summed E-state index contributed by atoms with van der Waals surface area (Å²) in [5.41, 5.74) is 1.46. The van der Waals surface area contributed by atoms with E-state index in [1.54, 1.807) is 0 Å². The van der Waals surface area contributed by atoms with Gasteiger partial charge in [-0.2, -0.15) is 0 Å². The highest BCUT2D eigenvalue weighted by Crippen LogP contribution is 2.33. The normalized spacial score (nSPS) is 25.5. The Morgan fingerprint density at radius 2 is 1.82 bits per heavy atom. The molecule has 1 fully saturated rings. The zero-order valence-corrected chi connectivity index (χ0v) is 11.9. The maximum atomic E-state index is 4.21. The molecule has 0 aromatic rings. The first-order valence-electron chi connectivity index (χ1n) is 7.65. The topological polar surface area (TPSA) is 12.0 Å². The quantitative estimate of drug-likeness (QED) is 0.389. The minimum Gasteiger partial charge on any atom is -0.316 e. The van der Waals surface area contributed by atoms with Gasteiger partial charge in [0.05, 0.1) is 0 Å². The van der Waals surface area contributed by atoms with E-state index in [0.29, 0.717) is 0 Å². The lowest BCUT2D eigenvalue weighted by molar-refractivity contribution is 0.296. The highest BCUT2D eigenvalue weighted by Gasteiger charge is 2.23. The Bertz CT molecular complexity index is 210. The van der Waals surface area contributed by atoms with Crippen molar-refractivity contribution in [2.24, 2.45) is 11.8 Å². The fourth-order valence-electron chi connectivity index (χ4n) is 2.98. The Balaban J connectivity index is 2.43. The van der Waals surface area contributed by atoms with Gasteiger partial charge in [0.2, 0.25) is 0 Å². The van der Waals surface area contributed by atoms with Crippen LogP contribution in [0.25, 0.3) is 0 Å². The molecule has 2 unspecified atom stereocenters. The van der Waals surface area contributed by atoms with Gasteiger partial charge in [-0.1, -0.05) is 45.3 Å². The predicted molar refractivity (Wildman–Crippen MR) is 77.3 cm³/mol. The van der Waals surface area contributed by atoms with Crippen LogP contribution in [0.2, 0.25) is 0 Å². The van der Waals surface area contributed by atoms with Gasteiger partial charge in [-0.15, -0.1) is 0 Å². The Morgan fingerprint density at radius 3 is 2.47 bits per heavy atom. The zero-order chi connectivity index (χ0) is 12.5. The van der Waals surface area contributed by atoms with E-state index in [2.05, 4.69) is 25.7 Å². The lowest BCUT2D eigenvalue weighted by Crippen LogP contribution is -2.28. The Labute approximate surface area is 108 Å². The molecule has 0 heterocycles. The molecule has 0 aromatic heterocycles. The van der Waals surface area contributed by atoms with Crippen LogP contribution in [0, 0.1) is 11.8 Å². The summed E-state index contributed by atoms with van der Waals surface area (Å²) in [7, 11) is 0. The second-order valence-electron chi connectivity index (χ2n) is 5.67. The summed E-state index contributed by atoms with van der Waals surface area (Å²) in [5, 5.41) is 3.62. The molecule has 1 aliphatic carbocycles. The largest absolute Gasteiger partial charge is 0.316 e. The summed E-state index contributed by atoms with van der Waals surface area (Å²) < 4.78 is 0. The van der Waals surface area contributed by atoms with E-state index in [-0.39, 0.29) is 0 Å². The summed E-state index contributed by atoms with van der Waals surface area (Å²) in [6.45, 7) is 11.1. The van der Waals surface area contributed by atoms with Crippen molar-refractivity contribution in [3.63, 3.8) is 0 Å². The lowest BCUT2D eigenvalue weighted by Gasteiger charge is -2.26. The first-order valence-corrected chi connectivity index (χ1v) is 7.65. The summed E-state index contributed by atoms with van der Waals surface area (Å²) in [6, 6.07) is 0. The van der Waals surface area contributed by atoms with Crippen molar-refractivity contribution < 1.29 is 0 Å². The number of nitrogens with one attached hydrogen (secondary N) is 1. The minimum absolute atomic E-state index is 0.896. The molecule has 2 atom stereocenters. The number of hydrogen-bond acceptors (Lipinski definition) is 1. The molecule has 1 nitrogen and oxygen atoms in total. The summed E-state index contributed by atoms with van der Waals surface area (Å²) >= 11 is 0. The van der Waals surface area contributed by atoms with Gasteiger partial charge in [0.25, 0.3) is 0 Å². The molecule has 0 aromatic carbocycles. The lowest BCUT2D eigenvalue weighted by atomic mass is 9.83. The number of hydrogen-bond donors (Lipinski definition) is 1. The second kappa shape index (κ2) is 8.74. The van der Waals surface area contributed by atoms with Gasteiger partial charge in [-0.05, 0) is 57.0 Å². The van der Waals surface area contributed by atoms with Gasteiger partial charge < -0.3 is 5.32 Å². The monoisotopic (exact) mass is 237 g/mol. The van der Waals surface area contributed by atoms with Crippen molar-refractivity contribution in [1.82, 2.24) is 5.32 Å². The maximum Gasteiger partial charge on any atom is -0.00178 e. The summed E-state index contributed by atoms with van der Waals surface area (Å²) in [6.07, 6.45) is 10.9. The van der Waals surface area contributed by atoms with Gasteiger partial charge in [-0.3, -0.25) is 0 Å². The molecular formula is C16H31N. The van der Waals surface area contributed by atoms with Crippen LogP contribution in [0.15, 0.2) is 12.2 Å². The van der Waals surface area contributed by atoms with Crippen LogP contribution in [0.3, 0.4) is 0 Å². The fraction of sp³-hybridized carbons (Fsp3) is 0.875. The maximum absolute atomic E-state index is 4.21. The Kier molecular flexibility index (Phi) is 7.59. The van der Waals surface area contributed by atoms with Crippen molar-refractivity contribution >= 4 is 0 Å². The standard InChI is InChI=1S/C16H31N/c1-4-11-17-13-16-10-8-6-7-9-15(16)12-14(3)5-2/h15-17H,3-13H2,1-2H3. The van der Waals surface area contributed by atoms with Crippen LogP contribution >= 0.6 is 0 Å². The average molecular weight is 237 g/mol. The van der Waals surface area contributed by atoms with E-state index >= 15 is 0 Å². The first-order chi connectivity index (χ1) is 8.27. The van der Waals surface area contributed by atoms with E-state index in [9.17, 15) is 0 Å². The second-order valence-corrected chi connectivity index (χ2v) is 5.67. The van der Waals surface area contributed by atoms with Crippen molar-refractivity contribution in [3.8, 4) is 0 Å². The summed E-state index contributed by atoms with van der Waals surface area (Å²) in [5.74, 6) is 1.79. The van der Waals surface area contributed by atoms with Gasteiger partial charge in [0.1, 0.15) is 0 Å². The molecule has 0 saturated heterocycles. The minimum atomic E-state index is 0.896. The molecule has 0 spiro atoms. The molecule has 0 aliphatic heterocycles. The molecule has 0 radical (unpaired) electrons. The SMILES string of the molecule is C=C(CC)CC1CCCCCC1CNCCC. The zero-order valence-electron chi connectivity index (χ0n) is 11.9. The Morgan fingerprint density at radius 1 is 1.12 bits per heavy atom. The van der Waals surface area contributed by atoms with E-state index < -0.39 is 0 Å². The smallest absolute Gasteiger partial charge is 0.00178 e. The molecule has 1 saturated carbocycles. The third-order valence-corrected chi connectivity index (χ3v) is 4.20. The Hall–Kier alpha value is -0.300. The summed E-state index contributed by atoms with van der Waals surface area (Å²) in [4.78, 5) is 0. The molecule has 1 heteroatoms. The van der Waals surface area contributed by atoms with Crippen LogP contribution in [0.1, 0.15) is 65.2 Å². The van der Waals surface area contributed by atoms with E-state index in [0.717, 1.165) is 18.3 Å². The average Bonchev–Trinajstić information content (AvgIpc) is 2.55. The van der Waals surface area contributed by atoms with Crippen molar-refractivity contribution in [2.75, 3.05) is 13.1 Å². The molecule has 17 heavy (non-hydrogen) atoms. The molecule has 1 aliphatic rings. The van der Waals surface area contributed by atoms with E-state index in [1.807, 2.05) is 0 Å². The van der Waals surface area contributed by atoms with Crippen LogP contribution in [-0.2, 0) is 0 Å². The predicted octanol–water partition coefficient (Wildman–Crippen LogP) is 4.54. The van der Waals surface area contributed by atoms with E-state index in [1.165, 1.54) is 63.6 Å². The third kappa shape index (κ3) is 5.72. The van der Waals surface area contributed by atoms with Gasteiger partial charge in [0.15, 0.2) is 0 Å². The van der Waals surface area contributed by atoms with Crippen LogP contribution in [0.4, 0.5) is 0 Å². The highest BCUT2D eigenvalue weighted by atomic mass is 14.9. The van der Waals surface area contributed by atoms with Gasteiger partial charge in [-0.25, -0.2) is 0 Å². The molecule has 1 rings (SSSR count). The van der Waals surface area contributed by atoms with Gasteiger partial charge in [0, 0.05) is 0 Å². The van der Waals surface area contributed by atoms with E-state index in [4.69, 9.17) is 0 Å².